The van der Waals surface area contributed by atoms with Crippen molar-refractivity contribution in [3.63, 3.8) is 0 Å². The maximum atomic E-state index is 11.4. The van der Waals surface area contributed by atoms with Crippen LogP contribution in [0.4, 0.5) is 0 Å². The van der Waals surface area contributed by atoms with Crippen LogP contribution in [-0.4, -0.2) is 11.0 Å². The molecule has 2 rings (SSSR count). The van der Waals surface area contributed by atoms with Gasteiger partial charge < -0.3 is 4.74 Å². The first kappa shape index (κ1) is 8.90. The van der Waals surface area contributed by atoms with Crippen molar-refractivity contribution in [2.45, 2.75) is 0 Å². The molecule has 1 heterocycles. The molecule has 0 aliphatic rings. The van der Waals surface area contributed by atoms with Gasteiger partial charge in [0.05, 0.1) is 11.7 Å². The average Bonchev–Trinajstić information content (AvgIpc) is 2.72. The number of carbonyl (C=O) groups excluding carboxylic acids is 1. The number of hydrogen-bond donors (Lipinski definition) is 0. The Morgan fingerprint density at radius 1 is 1.29 bits per heavy atom. The van der Waals surface area contributed by atoms with Gasteiger partial charge in [-0.3, -0.25) is 4.98 Å². The van der Waals surface area contributed by atoms with Crippen LogP contribution >= 0.6 is 11.3 Å². The number of esters is 1. The second kappa shape index (κ2) is 4.02. The lowest BCUT2D eigenvalue weighted by atomic mass is 10.3. The zero-order valence-electron chi connectivity index (χ0n) is 7.21. The molecule has 0 aliphatic heterocycles. The van der Waals surface area contributed by atoms with Gasteiger partial charge in [0.2, 0.25) is 0 Å². The highest BCUT2D eigenvalue weighted by Gasteiger charge is 2.09. The monoisotopic (exact) mass is 205 g/mol. The fourth-order valence-electron chi connectivity index (χ4n) is 0.962. The van der Waals surface area contributed by atoms with E-state index >= 15 is 0 Å². The first-order valence-corrected chi connectivity index (χ1v) is 4.90. The van der Waals surface area contributed by atoms with Gasteiger partial charge in [0.15, 0.2) is 0 Å². The lowest BCUT2D eigenvalue weighted by Crippen LogP contribution is -2.05. The van der Waals surface area contributed by atoms with Crippen molar-refractivity contribution in [3.05, 3.63) is 46.9 Å². The SMILES string of the molecule is O=C(Oc1ccccc1)c1cncs1. The summed E-state index contributed by atoms with van der Waals surface area (Å²) in [6.45, 7) is 0. The second-order valence-corrected chi connectivity index (χ2v) is 3.45. The Bertz CT molecular complexity index is 411. The minimum absolute atomic E-state index is 0.362. The number of benzene rings is 1. The highest BCUT2D eigenvalue weighted by atomic mass is 32.1. The number of aromatic nitrogens is 1. The van der Waals surface area contributed by atoms with Crippen LogP contribution in [0.5, 0.6) is 5.75 Å². The van der Waals surface area contributed by atoms with E-state index in [1.54, 1.807) is 17.6 Å². The summed E-state index contributed by atoms with van der Waals surface area (Å²) in [5, 5.41) is 0. The third kappa shape index (κ3) is 1.97. The predicted octanol–water partition coefficient (Wildman–Crippen LogP) is 2.36. The van der Waals surface area contributed by atoms with E-state index in [0.29, 0.717) is 10.6 Å². The van der Waals surface area contributed by atoms with E-state index in [0.717, 1.165) is 0 Å². The molecule has 0 N–H and O–H groups in total. The lowest BCUT2D eigenvalue weighted by Gasteiger charge is -2.00. The van der Waals surface area contributed by atoms with Crippen LogP contribution in [0.3, 0.4) is 0 Å². The number of hydrogen-bond acceptors (Lipinski definition) is 4. The van der Waals surface area contributed by atoms with Crippen LogP contribution in [0.2, 0.25) is 0 Å². The summed E-state index contributed by atoms with van der Waals surface area (Å²) in [7, 11) is 0. The molecule has 0 unspecified atom stereocenters. The van der Waals surface area contributed by atoms with Gasteiger partial charge in [-0.1, -0.05) is 18.2 Å². The van der Waals surface area contributed by atoms with Crippen LogP contribution < -0.4 is 4.74 Å². The molecule has 0 saturated heterocycles. The Kier molecular flexibility index (Phi) is 2.55. The van der Waals surface area contributed by atoms with Crippen LogP contribution in [0, 0.1) is 0 Å². The van der Waals surface area contributed by atoms with Crippen molar-refractivity contribution >= 4 is 17.3 Å². The molecule has 0 atom stereocenters. The first-order valence-electron chi connectivity index (χ1n) is 4.02. The van der Waals surface area contributed by atoms with Gasteiger partial charge in [0.25, 0.3) is 0 Å². The van der Waals surface area contributed by atoms with Crippen LogP contribution in [0.25, 0.3) is 0 Å². The van der Waals surface area contributed by atoms with Gasteiger partial charge >= 0.3 is 5.97 Å². The van der Waals surface area contributed by atoms with Gasteiger partial charge in [-0.2, -0.15) is 0 Å². The Morgan fingerprint density at radius 3 is 2.71 bits per heavy atom. The Balaban J connectivity index is 2.10. The average molecular weight is 205 g/mol. The van der Waals surface area contributed by atoms with E-state index in [2.05, 4.69) is 4.98 Å². The van der Waals surface area contributed by atoms with E-state index in [1.165, 1.54) is 17.5 Å². The quantitative estimate of drug-likeness (QED) is 0.558. The third-order valence-corrected chi connectivity index (χ3v) is 2.34. The standard InChI is InChI=1S/C10H7NO2S/c12-10(9-6-11-7-14-9)13-8-4-2-1-3-5-8/h1-7H. The highest BCUT2D eigenvalue weighted by molar-refractivity contribution is 7.11. The third-order valence-electron chi connectivity index (χ3n) is 1.59. The van der Waals surface area contributed by atoms with Crippen LogP contribution in [0.15, 0.2) is 42.0 Å². The molecule has 1 aromatic carbocycles. The number of carbonyl (C=O) groups is 1. The minimum atomic E-state index is -0.362. The van der Waals surface area contributed by atoms with E-state index in [9.17, 15) is 4.79 Å². The Labute approximate surface area is 85.0 Å². The summed E-state index contributed by atoms with van der Waals surface area (Å²) in [6.07, 6.45) is 1.50. The van der Waals surface area contributed by atoms with Crippen LogP contribution in [-0.2, 0) is 0 Å². The molecule has 0 bridgehead atoms. The molecule has 4 heteroatoms. The summed E-state index contributed by atoms with van der Waals surface area (Å²) in [4.78, 5) is 15.7. The zero-order valence-corrected chi connectivity index (χ0v) is 8.03. The number of rotatable bonds is 2. The molecule has 14 heavy (non-hydrogen) atoms. The van der Waals surface area contributed by atoms with Gasteiger partial charge in [0.1, 0.15) is 10.6 Å². The summed E-state index contributed by atoms with van der Waals surface area (Å²) in [6, 6.07) is 8.96. The maximum absolute atomic E-state index is 11.4. The first-order chi connectivity index (χ1) is 6.86. The minimum Gasteiger partial charge on any atom is -0.422 e. The maximum Gasteiger partial charge on any atom is 0.355 e. The smallest absolute Gasteiger partial charge is 0.355 e. The summed E-state index contributed by atoms with van der Waals surface area (Å²) in [5.74, 6) is 0.185. The molecule has 0 aliphatic carbocycles. The molecule has 1 aromatic heterocycles. The van der Waals surface area contributed by atoms with Crippen molar-refractivity contribution in [2.24, 2.45) is 0 Å². The number of para-hydroxylation sites is 1. The van der Waals surface area contributed by atoms with Gasteiger partial charge in [-0.25, -0.2) is 4.79 Å². The van der Waals surface area contributed by atoms with Gasteiger partial charge in [0, 0.05) is 0 Å². The fourth-order valence-corrected chi connectivity index (χ4v) is 1.46. The van der Waals surface area contributed by atoms with Gasteiger partial charge in [-0.05, 0) is 12.1 Å². The molecule has 2 aromatic rings. The summed E-state index contributed by atoms with van der Waals surface area (Å²) < 4.78 is 5.09. The van der Waals surface area contributed by atoms with E-state index in [-0.39, 0.29) is 5.97 Å². The van der Waals surface area contributed by atoms with E-state index in [4.69, 9.17) is 4.74 Å². The summed E-state index contributed by atoms with van der Waals surface area (Å²) in [5.41, 5.74) is 1.60. The predicted molar refractivity (Wildman–Crippen MR) is 53.5 cm³/mol. The highest BCUT2D eigenvalue weighted by Crippen LogP contribution is 2.13. The molecular formula is C10H7NO2S. The van der Waals surface area contributed by atoms with Crippen molar-refractivity contribution in [3.8, 4) is 5.75 Å². The van der Waals surface area contributed by atoms with Gasteiger partial charge in [-0.15, -0.1) is 11.3 Å². The number of ether oxygens (including phenoxy) is 1. The molecule has 0 saturated carbocycles. The number of thiazole rings is 1. The molecule has 70 valence electrons. The lowest BCUT2D eigenvalue weighted by molar-refractivity contribution is 0.0739. The normalized spacial score (nSPS) is 9.71. The van der Waals surface area contributed by atoms with Crippen molar-refractivity contribution in [1.82, 2.24) is 4.98 Å². The molecule has 0 spiro atoms. The molecular weight excluding hydrogens is 198 g/mol. The molecule has 0 amide bonds. The summed E-state index contributed by atoms with van der Waals surface area (Å²) >= 11 is 1.26. The largest absolute Gasteiger partial charge is 0.422 e. The van der Waals surface area contributed by atoms with Crippen molar-refractivity contribution in [1.29, 1.82) is 0 Å². The van der Waals surface area contributed by atoms with Crippen LogP contribution in [0.1, 0.15) is 9.67 Å². The zero-order chi connectivity index (χ0) is 9.80. The fraction of sp³-hybridized carbons (Fsp3) is 0. The van der Waals surface area contributed by atoms with Crippen molar-refractivity contribution < 1.29 is 9.53 Å². The van der Waals surface area contributed by atoms with E-state index in [1.807, 2.05) is 18.2 Å². The molecule has 3 nitrogen and oxygen atoms in total. The van der Waals surface area contributed by atoms with E-state index < -0.39 is 0 Å². The number of nitrogens with zero attached hydrogens (tertiary/aromatic N) is 1. The topological polar surface area (TPSA) is 39.2 Å². The second-order valence-electron chi connectivity index (χ2n) is 2.57. The Hall–Kier alpha value is -1.68. The molecule has 0 radical (unpaired) electrons. The molecule has 0 fully saturated rings. The van der Waals surface area contributed by atoms with Crippen molar-refractivity contribution in [2.75, 3.05) is 0 Å². The Morgan fingerprint density at radius 2 is 2.07 bits per heavy atom.